The van der Waals surface area contributed by atoms with Crippen molar-refractivity contribution in [3.8, 4) is 0 Å². The first kappa shape index (κ1) is 11.4. The summed E-state index contributed by atoms with van der Waals surface area (Å²) in [5.41, 5.74) is 0. The van der Waals surface area contributed by atoms with Crippen LogP contribution in [0.2, 0.25) is 0 Å². The maximum atomic E-state index is 5.92. The highest BCUT2D eigenvalue weighted by atomic mass is 16.5. The molecule has 2 heteroatoms. The van der Waals surface area contributed by atoms with Crippen LogP contribution >= 0.6 is 0 Å². The smallest absolute Gasteiger partial charge is 0.0730 e. The Bertz CT molecular complexity index is 153. The largest absolute Gasteiger partial charge is 0.377 e. The fourth-order valence-electron chi connectivity index (χ4n) is 3.27. The minimum Gasteiger partial charge on any atom is -0.377 e. The first-order chi connectivity index (χ1) is 7.42. The lowest BCUT2D eigenvalue weighted by Gasteiger charge is -2.37. The Morgan fingerprint density at radius 1 is 1.00 bits per heavy atom. The van der Waals surface area contributed by atoms with Crippen molar-refractivity contribution in [2.45, 2.75) is 63.5 Å². The molecule has 0 bridgehead atoms. The van der Waals surface area contributed by atoms with E-state index in [0.717, 1.165) is 12.5 Å². The molecular weight excluding hydrogens is 186 g/mol. The molecule has 2 atom stereocenters. The Morgan fingerprint density at radius 2 is 1.73 bits per heavy atom. The average molecular weight is 211 g/mol. The summed E-state index contributed by atoms with van der Waals surface area (Å²) in [7, 11) is 2.11. The van der Waals surface area contributed by atoms with E-state index in [4.69, 9.17) is 4.74 Å². The summed E-state index contributed by atoms with van der Waals surface area (Å²) < 4.78 is 5.92. The topological polar surface area (TPSA) is 21.3 Å². The van der Waals surface area contributed by atoms with Crippen molar-refractivity contribution in [1.82, 2.24) is 5.32 Å². The van der Waals surface area contributed by atoms with Gasteiger partial charge in [-0.05, 0) is 45.1 Å². The van der Waals surface area contributed by atoms with E-state index in [1.807, 2.05) is 0 Å². The van der Waals surface area contributed by atoms with Gasteiger partial charge >= 0.3 is 0 Å². The second-order valence-electron chi connectivity index (χ2n) is 5.12. The summed E-state index contributed by atoms with van der Waals surface area (Å²) in [6.07, 6.45) is 11.5. The first-order valence-electron chi connectivity index (χ1n) is 6.70. The lowest BCUT2D eigenvalue weighted by molar-refractivity contribution is -0.0233. The molecule has 0 aromatic heterocycles. The molecule has 0 amide bonds. The van der Waals surface area contributed by atoms with Crippen LogP contribution in [0.15, 0.2) is 0 Å². The Morgan fingerprint density at radius 3 is 2.33 bits per heavy atom. The van der Waals surface area contributed by atoms with Gasteiger partial charge in [0, 0.05) is 12.6 Å². The van der Waals surface area contributed by atoms with Gasteiger partial charge < -0.3 is 10.1 Å². The van der Waals surface area contributed by atoms with Crippen molar-refractivity contribution in [2.75, 3.05) is 13.7 Å². The van der Waals surface area contributed by atoms with E-state index in [9.17, 15) is 0 Å². The number of rotatable bonds is 3. The van der Waals surface area contributed by atoms with E-state index in [-0.39, 0.29) is 0 Å². The highest BCUT2D eigenvalue weighted by Crippen LogP contribution is 2.30. The van der Waals surface area contributed by atoms with Gasteiger partial charge in [0.05, 0.1) is 6.10 Å². The van der Waals surface area contributed by atoms with Crippen molar-refractivity contribution in [3.05, 3.63) is 0 Å². The van der Waals surface area contributed by atoms with Gasteiger partial charge in [0.1, 0.15) is 0 Å². The monoisotopic (exact) mass is 211 g/mol. The summed E-state index contributed by atoms with van der Waals surface area (Å²) in [4.78, 5) is 0. The van der Waals surface area contributed by atoms with Gasteiger partial charge in [-0.1, -0.05) is 19.3 Å². The van der Waals surface area contributed by atoms with Crippen molar-refractivity contribution >= 4 is 0 Å². The van der Waals surface area contributed by atoms with Crippen LogP contribution in [0.5, 0.6) is 0 Å². The predicted octanol–water partition coefficient (Wildman–Crippen LogP) is 2.72. The third kappa shape index (κ3) is 2.94. The molecule has 2 rings (SSSR count). The van der Waals surface area contributed by atoms with Crippen molar-refractivity contribution in [2.24, 2.45) is 5.92 Å². The number of ether oxygens (including phenoxy) is 1. The molecule has 1 saturated heterocycles. The molecule has 0 radical (unpaired) electrons. The molecule has 88 valence electrons. The standard InChI is InChI=1S/C13H25NO/c1-14-13(11-7-3-2-4-8-11)12-9-5-6-10-15-12/h11-14H,2-10H2,1H3. The zero-order valence-electron chi connectivity index (χ0n) is 10.0. The van der Waals surface area contributed by atoms with Crippen LogP contribution in [0.1, 0.15) is 51.4 Å². The summed E-state index contributed by atoms with van der Waals surface area (Å²) in [5, 5.41) is 3.52. The van der Waals surface area contributed by atoms with E-state index < -0.39 is 0 Å². The van der Waals surface area contributed by atoms with Gasteiger partial charge in [-0.2, -0.15) is 0 Å². The number of hydrogen-bond donors (Lipinski definition) is 1. The second kappa shape index (κ2) is 5.86. The number of nitrogens with one attached hydrogen (secondary N) is 1. The Hall–Kier alpha value is -0.0800. The molecule has 1 aliphatic heterocycles. The van der Waals surface area contributed by atoms with E-state index in [2.05, 4.69) is 12.4 Å². The van der Waals surface area contributed by atoms with Gasteiger partial charge in [-0.3, -0.25) is 0 Å². The highest BCUT2D eigenvalue weighted by Gasteiger charge is 2.30. The van der Waals surface area contributed by atoms with Crippen LogP contribution in [-0.2, 0) is 4.74 Å². The van der Waals surface area contributed by atoms with E-state index in [1.165, 1.54) is 51.4 Å². The minimum atomic E-state index is 0.492. The third-order valence-electron chi connectivity index (χ3n) is 4.11. The third-order valence-corrected chi connectivity index (χ3v) is 4.11. The molecule has 0 aromatic carbocycles. The molecule has 1 saturated carbocycles. The SMILES string of the molecule is CNC(C1CCCCC1)C1CCCCO1. The molecule has 2 nitrogen and oxygen atoms in total. The highest BCUT2D eigenvalue weighted by molar-refractivity contribution is 4.86. The Kier molecular flexibility index (Phi) is 4.45. The molecule has 2 aliphatic rings. The maximum absolute atomic E-state index is 5.92. The maximum Gasteiger partial charge on any atom is 0.0730 e. The molecule has 0 spiro atoms. The van der Waals surface area contributed by atoms with Crippen LogP contribution in [0, 0.1) is 5.92 Å². The zero-order chi connectivity index (χ0) is 10.5. The van der Waals surface area contributed by atoms with Crippen LogP contribution in [0.25, 0.3) is 0 Å². The fourth-order valence-corrected chi connectivity index (χ4v) is 3.27. The van der Waals surface area contributed by atoms with Crippen molar-refractivity contribution < 1.29 is 4.74 Å². The average Bonchev–Trinajstić information content (AvgIpc) is 2.33. The summed E-state index contributed by atoms with van der Waals surface area (Å²) >= 11 is 0. The molecule has 1 N–H and O–H groups in total. The lowest BCUT2D eigenvalue weighted by Crippen LogP contribution is -2.46. The summed E-state index contributed by atoms with van der Waals surface area (Å²) in [5.74, 6) is 0.867. The summed E-state index contributed by atoms with van der Waals surface area (Å²) in [6, 6.07) is 0.616. The van der Waals surface area contributed by atoms with Gasteiger partial charge in [0.2, 0.25) is 0 Å². The molecule has 2 unspecified atom stereocenters. The van der Waals surface area contributed by atoms with Crippen LogP contribution in [-0.4, -0.2) is 25.8 Å². The minimum absolute atomic E-state index is 0.492. The van der Waals surface area contributed by atoms with Crippen molar-refractivity contribution in [1.29, 1.82) is 0 Å². The van der Waals surface area contributed by atoms with Gasteiger partial charge in [-0.25, -0.2) is 0 Å². The number of hydrogen-bond acceptors (Lipinski definition) is 2. The molecule has 0 aromatic rings. The van der Waals surface area contributed by atoms with E-state index >= 15 is 0 Å². The normalized spacial score (nSPS) is 31.4. The van der Waals surface area contributed by atoms with Crippen LogP contribution in [0.3, 0.4) is 0 Å². The van der Waals surface area contributed by atoms with Gasteiger partial charge in [0.15, 0.2) is 0 Å². The van der Waals surface area contributed by atoms with E-state index in [0.29, 0.717) is 12.1 Å². The van der Waals surface area contributed by atoms with Crippen molar-refractivity contribution in [3.63, 3.8) is 0 Å². The Balaban J connectivity index is 1.88. The first-order valence-corrected chi connectivity index (χ1v) is 6.70. The zero-order valence-corrected chi connectivity index (χ0v) is 10.0. The Labute approximate surface area is 93.8 Å². The quantitative estimate of drug-likeness (QED) is 0.775. The predicted molar refractivity (Wildman–Crippen MR) is 63.0 cm³/mol. The second-order valence-corrected chi connectivity index (χ2v) is 5.12. The lowest BCUT2D eigenvalue weighted by atomic mass is 9.80. The molecule has 1 aliphatic carbocycles. The summed E-state index contributed by atoms with van der Waals surface area (Å²) in [6.45, 7) is 0.982. The van der Waals surface area contributed by atoms with Gasteiger partial charge in [0.25, 0.3) is 0 Å². The number of likely N-dealkylation sites (N-methyl/N-ethyl adjacent to an activating group) is 1. The molecule has 15 heavy (non-hydrogen) atoms. The molecule has 2 fully saturated rings. The molecular formula is C13H25NO. The molecule has 1 heterocycles. The van der Waals surface area contributed by atoms with E-state index in [1.54, 1.807) is 0 Å². The van der Waals surface area contributed by atoms with Crippen LogP contribution in [0.4, 0.5) is 0 Å². The fraction of sp³-hybridized carbons (Fsp3) is 1.00. The van der Waals surface area contributed by atoms with Gasteiger partial charge in [-0.15, -0.1) is 0 Å². The van der Waals surface area contributed by atoms with Crippen LogP contribution < -0.4 is 5.32 Å².